The minimum absolute atomic E-state index is 0.0776. The van der Waals surface area contributed by atoms with E-state index in [-0.39, 0.29) is 12.5 Å². The van der Waals surface area contributed by atoms with E-state index in [1.54, 1.807) is 13.8 Å². The molecular formula is C15H20N2O2. The molecule has 0 aliphatic heterocycles. The number of hydrogen-bond donors (Lipinski definition) is 3. The van der Waals surface area contributed by atoms with E-state index in [2.05, 4.69) is 16.4 Å². The lowest BCUT2D eigenvalue weighted by atomic mass is 10.1. The molecule has 1 aromatic carbocycles. The number of rotatable bonds is 4. The molecule has 0 aliphatic rings. The van der Waals surface area contributed by atoms with Crippen LogP contribution in [0.1, 0.15) is 25.0 Å². The third-order valence-electron chi connectivity index (χ3n) is 3.15. The number of hydrogen-bond acceptors (Lipinski definition) is 2. The lowest BCUT2D eigenvalue weighted by molar-refractivity contribution is -0.122. The Morgan fingerprint density at radius 1 is 1.42 bits per heavy atom. The predicted molar refractivity (Wildman–Crippen MR) is 76.0 cm³/mol. The number of carbonyl (C=O) groups excluding carboxylic acids is 1. The third-order valence-corrected chi connectivity index (χ3v) is 3.15. The Morgan fingerprint density at radius 3 is 2.84 bits per heavy atom. The second-order valence-electron chi connectivity index (χ2n) is 5.63. The van der Waals surface area contributed by atoms with Crippen LogP contribution in [0.4, 0.5) is 0 Å². The van der Waals surface area contributed by atoms with Gasteiger partial charge in [-0.3, -0.25) is 4.79 Å². The molecule has 0 fully saturated rings. The Labute approximate surface area is 112 Å². The lowest BCUT2D eigenvalue weighted by Crippen LogP contribution is -2.46. The summed E-state index contributed by atoms with van der Waals surface area (Å²) in [4.78, 5) is 15.1. The number of aryl methyl sites for hydroxylation is 1. The minimum Gasteiger partial charge on any atom is -0.394 e. The molecule has 102 valence electrons. The summed E-state index contributed by atoms with van der Waals surface area (Å²) in [5.41, 5.74) is 2.62. The van der Waals surface area contributed by atoms with Crippen molar-refractivity contribution in [3.8, 4) is 0 Å². The molecule has 2 rings (SSSR count). The Kier molecular flexibility index (Phi) is 3.62. The van der Waals surface area contributed by atoms with Crippen molar-refractivity contribution in [3.63, 3.8) is 0 Å². The van der Waals surface area contributed by atoms with Crippen molar-refractivity contribution in [1.82, 2.24) is 10.3 Å². The fraction of sp³-hybridized carbons (Fsp3) is 0.400. The highest BCUT2D eigenvalue weighted by molar-refractivity contribution is 5.89. The van der Waals surface area contributed by atoms with Crippen molar-refractivity contribution in [1.29, 1.82) is 0 Å². The van der Waals surface area contributed by atoms with Gasteiger partial charge in [0.05, 0.1) is 18.6 Å². The van der Waals surface area contributed by atoms with Crippen molar-refractivity contribution in [3.05, 3.63) is 35.5 Å². The van der Waals surface area contributed by atoms with Crippen LogP contribution in [-0.2, 0) is 11.2 Å². The standard InChI is InChI=1S/C15H20N2O2/c1-10-4-5-12-11(8-16-13(12)6-10)7-14(19)17-15(2,3)9-18/h4-6,8,16,18H,7,9H2,1-3H3,(H,17,19). The van der Waals surface area contributed by atoms with Crippen LogP contribution < -0.4 is 5.32 Å². The molecule has 0 aliphatic carbocycles. The van der Waals surface area contributed by atoms with Gasteiger partial charge in [0.2, 0.25) is 5.91 Å². The van der Waals surface area contributed by atoms with Crippen molar-refractivity contribution in [2.45, 2.75) is 32.7 Å². The molecule has 0 bridgehead atoms. The van der Waals surface area contributed by atoms with Crippen LogP contribution in [0.25, 0.3) is 10.9 Å². The zero-order valence-electron chi connectivity index (χ0n) is 11.6. The normalized spacial score (nSPS) is 11.8. The van der Waals surface area contributed by atoms with Gasteiger partial charge in [-0.2, -0.15) is 0 Å². The van der Waals surface area contributed by atoms with Crippen LogP contribution in [-0.4, -0.2) is 28.1 Å². The van der Waals surface area contributed by atoms with E-state index in [0.717, 1.165) is 16.5 Å². The Bertz CT molecular complexity index is 599. The second-order valence-corrected chi connectivity index (χ2v) is 5.63. The first-order chi connectivity index (χ1) is 8.91. The van der Waals surface area contributed by atoms with E-state index < -0.39 is 5.54 Å². The molecule has 1 amide bonds. The number of aromatic nitrogens is 1. The van der Waals surface area contributed by atoms with Crippen LogP contribution in [0.5, 0.6) is 0 Å². The Balaban J connectivity index is 2.16. The number of aliphatic hydroxyl groups is 1. The molecule has 0 unspecified atom stereocenters. The third kappa shape index (κ3) is 3.15. The zero-order valence-corrected chi connectivity index (χ0v) is 11.6. The molecular weight excluding hydrogens is 240 g/mol. The number of H-pyrrole nitrogens is 1. The van der Waals surface area contributed by atoms with E-state index in [1.165, 1.54) is 5.56 Å². The van der Waals surface area contributed by atoms with Crippen molar-refractivity contribution in [2.24, 2.45) is 0 Å². The highest BCUT2D eigenvalue weighted by atomic mass is 16.3. The molecule has 19 heavy (non-hydrogen) atoms. The van der Waals surface area contributed by atoms with Gasteiger partial charge in [-0.05, 0) is 38.0 Å². The summed E-state index contributed by atoms with van der Waals surface area (Å²) in [6, 6.07) is 6.13. The summed E-state index contributed by atoms with van der Waals surface area (Å²) < 4.78 is 0. The quantitative estimate of drug-likeness (QED) is 0.786. The molecule has 0 saturated heterocycles. The first kappa shape index (κ1) is 13.6. The molecule has 0 radical (unpaired) electrons. The van der Waals surface area contributed by atoms with E-state index in [1.807, 2.05) is 25.3 Å². The fourth-order valence-corrected chi connectivity index (χ4v) is 2.08. The molecule has 0 atom stereocenters. The first-order valence-corrected chi connectivity index (χ1v) is 6.40. The highest BCUT2D eigenvalue weighted by Crippen LogP contribution is 2.20. The number of nitrogens with one attached hydrogen (secondary N) is 2. The van der Waals surface area contributed by atoms with Gasteiger partial charge < -0.3 is 15.4 Å². The number of carbonyl (C=O) groups is 1. The van der Waals surface area contributed by atoms with Gasteiger partial charge in [0.1, 0.15) is 0 Å². The molecule has 0 saturated carbocycles. The minimum atomic E-state index is -0.584. The maximum Gasteiger partial charge on any atom is 0.224 e. The van der Waals surface area contributed by atoms with Gasteiger partial charge in [0.15, 0.2) is 0 Å². The number of benzene rings is 1. The molecule has 2 aromatic rings. The summed E-state index contributed by atoms with van der Waals surface area (Å²) in [5, 5.41) is 13.0. The molecule has 4 heteroatoms. The summed E-state index contributed by atoms with van der Waals surface area (Å²) >= 11 is 0. The summed E-state index contributed by atoms with van der Waals surface area (Å²) in [5.74, 6) is -0.0828. The smallest absolute Gasteiger partial charge is 0.224 e. The summed E-state index contributed by atoms with van der Waals surface area (Å²) in [7, 11) is 0. The average molecular weight is 260 g/mol. The molecule has 3 N–H and O–H groups in total. The van der Waals surface area contributed by atoms with E-state index in [0.29, 0.717) is 6.42 Å². The van der Waals surface area contributed by atoms with Crippen LogP contribution in [0.2, 0.25) is 0 Å². The van der Waals surface area contributed by atoms with Crippen LogP contribution in [0.3, 0.4) is 0 Å². The topological polar surface area (TPSA) is 65.1 Å². The van der Waals surface area contributed by atoms with Gasteiger partial charge in [-0.25, -0.2) is 0 Å². The molecule has 1 heterocycles. The maximum absolute atomic E-state index is 12.0. The van der Waals surface area contributed by atoms with Crippen molar-refractivity contribution in [2.75, 3.05) is 6.61 Å². The zero-order chi connectivity index (χ0) is 14.0. The van der Waals surface area contributed by atoms with Crippen LogP contribution in [0, 0.1) is 6.92 Å². The van der Waals surface area contributed by atoms with Crippen molar-refractivity contribution >= 4 is 16.8 Å². The summed E-state index contributed by atoms with van der Waals surface area (Å²) in [6.07, 6.45) is 2.18. The molecule has 4 nitrogen and oxygen atoms in total. The van der Waals surface area contributed by atoms with Gasteiger partial charge >= 0.3 is 0 Å². The van der Waals surface area contributed by atoms with Gasteiger partial charge in [0.25, 0.3) is 0 Å². The van der Waals surface area contributed by atoms with Crippen molar-refractivity contribution < 1.29 is 9.90 Å². The van der Waals surface area contributed by atoms with Crippen LogP contribution >= 0.6 is 0 Å². The SMILES string of the molecule is Cc1ccc2c(CC(=O)NC(C)(C)CO)c[nH]c2c1. The lowest BCUT2D eigenvalue weighted by Gasteiger charge is -2.23. The van der Waals surface area contributed by atoms with E-state index in [4.69, 9.17) is 5.11 Å². The Hall–Kier alpha value is -1.81. The van der Waals surface area contributed by atoms with E-state index >= 15 is 0 Å². The molecule has 0 spiro atoms. The van der Waals surface area contributed by atoms with Gasteiger partial charge in [-0.1, -0.05) is 12.1 Å². The number of fused-ring (bicyclic) bond motifs is 1. The number of amides is 1. The second kappa shape index (κ2) is 5.05. The average Bonchev–Trinajstić information content (AvgIpc) is 2.71. The largest absolute Gasteiger partial charge is 0.394 e. The van der Waals surface area contributed by atoms with Crippen LogP contribution in [0.15, 0.2) is 24.4 Å². The predicted octanol–water partition coefficient (Wildman–Crippen LogP) is 1.91. The highest BCUT2D eigenvalue weighted by Gasteiger charge is 2.19. The van der Waals surface area contributed by atoms with Gasteiger partial charge in [-0.15, -0.1) is 0 Å². The fourth-order valence-electron chi connectivity index (χ4n) is 2.08. The number of aliphatic hydroxyl groups excluding tert-OH is 1. The first-order valence-electron chi connectivity index (χ1n) is 6.40. The van der Waals surface area contributed by atoms with Gasteiger partial charge in [0, 0.05) is 17.1 Å². The maximum atomic E-state index is 12.0. The Morgan fingerprint density at radius 2 is 2.16 bits per heavy atom. The molecule has 1 aromatic heterocycles. The van der Waals surface area contributed by atoms with E-state index in [9.17, 15) is 4.79 Å². The number of aromatic amines is 1. The monoisotopic (exact) mass is 260 g/mol. The summed E-state index contributed by atoms with van der Waals surface area (Å²) in [6.45, 7) is 5.55.